The summed E-state index contributed by atoms with van der Waals surface area (Å²) >= 11 is 0. The van der Waals surface area contributed by atoms with E-state index in [9.17, 15) is 4.39 Å². The maximum absolute atomic E-state index is 13.9. The van der Waals surface area contributed by atoms with Crippen LogP contribution in [0.4, 0.5) is 16.0 Å². The molecule has 0 aliphatic carbocycles. The first-order chi connectivity index (χ1) is 13.6. The van der Waals surface area contributed by atoms with Gasteiger partial charge in [0.05, 0.1) is 16.9 Å². The predicted octanol–water partition coefficient (Wildman–Crippen LogP) is 3.79. The number of halogens is 1. The minimum Gasteiger partial charge on any atom is -0.324 e. The summed E-state index contributed by atoms with van der Waals surface area (Å²) in [6, 6.07) is 15.4. The summed E-state index contributed by atoms with van der Waals surface area (Å²) in [6.45, 7) is 1.83. The zero-order valence-electron chi connectivity index (χ0n) is 14.8. The average molecular weight is 371 g/mol. The molecule has 0 unspecified atom stereocenters. The van der Waals surface area contributed by atoms with Crippen molar-refractivity contribution < 1.29 is 4.39 Å². The Morgan fingerprint density at radius 2 is 1.89 bits per heavy atom. The van der Waals surface area contributed by atoms with E-state index in [-0.39, 0.29) is 5.56 Å². The molecule has 136 valence electrons. The molecule has 28 heavy (non-hydrogen) atoms. The van der Waals surface area contributed by atoms with E-state index in [1.165, 1.54) is 12.1 Å². The average Bonchev–Trinajstić information content (AvgIpc) is 3.15. The van der Waals surface area contributed by atoms with Gasteiger partial charge in [-0.3, -0.25) is 0 Å². The third-order valence-corrected chi connectivity index (χ3v) is 4.04. The maximum atomic E-state index is 13.9. The molecule has 0 amide bonds. The van der Waals surface area contributed by atoms with Gasteiger partial charge in [-0.15, -0.1) is 0 Å². The maximum Gasteiger partial charge on any atom is 0.227 e. The molecule has 2 aromatic carbocycles. The minimum atomic E-state index is -0.577. The molecule has 7 nitrogen and oxygen atoms in total. The first-order valence-corrected chi connectivity index (χ1v) is 8.41. The summed E-state index contributed by atoms with van der Waals surface area (Å²) in [5.74, 6) is 0.505. The Morgan fingerprint density at radius 1 is 1.07 bits per heavy atom. The molecule has 0 fully saturated rings. The fourth-order valence-electron chi connectivity index (χ4n) is 2.64. The van der Waals surface area contributed by atoms with Crippen LogP contribution in [0.5, 0.6) is 0 Å². The first-order valence-electron chi connectivity index (χ1n) is 8.41. The Hall–Kier alpha value is -4.12. The van der Waals surface area contributed by atoms with Crippen molar-refractivity contribution in [2.24, 2.45) is 0 Å². The van der Waals surface area contributed by atoms with Crippen LogP contribution in [0.15, 0.2) is 61.1 Å². The van der Waals surface area contributed by atoms with Gasteiger partial charge in [0.1, 0.15) is 24.0 Å². The van der Waals surface area contributed by atoms with Crippen molar-refractivity contribution in [2.45, 2.75) is 6.92 Å². The van der Waals surface area contributed by atoms with E-state index in [0.29, 0.717) is 23.0 Å². The van der Waals surface area contributed by atoms with Crippen molar-refractivity contribution in [1.29, 1.82) is 5.26 Å². The number of nitriles is 1. The Morgan fingerprint density at radius 3 is 2.57 bits per heavy atom. The van der Waals surface area contributed by atoms with Crippen molar-refractivity contribution in [3.05, 3.63) is 78.3 Å². The summed E-state index contributed by atoms with van der Waals surface area (Å²) in [7, 11) is 0. The van der Waals surface area contributed by atoms with Crippen LogP contribution in [-0.2, 0) is 0 Å². The second-order valence-electron chi connectivity index (χ2n) is 5.98. The summed E-state index contributed by atoms with van der Waals surface area (Å²) in [5, 5.41) is 16.2. The fourth-order valence-corrected chi connectivity index (χ4v) is 2.64. The molecule has 0 bridgehead atoms. The Balaban J connectivity index is 1.55. The molecule has 8 heteroatoms. The molecule has 1 N–H and O–H groups in total. The van der Waals surface area contributed by atoms with E-state index >= 15 is 0 Å². The van der Waals surface area contributed by atoms with Gasteiger partial charge in [0.2, 0.25) is 5.95 Å². The quantitative estimate of drug-likeness (QED) is 0.587. The SMILES string of the molecule is Cc1ncn(-c2ccc(Nc3nccc(-c4ccc(C#N)c(F)c4)n3)cc2)n1. The van der Waals surface area contributed by atoms with E-state index in [1.54, 1.807) is 35.4 Å². The van der Waals surface area contributed by atoms with E-state index in [4.69, 9.17) is 5.26 Å². The van der Waals surface area contributed by atoms with Crippen LogP contribution >= 0.6 is 0 Å². The van der Waals surface area contributed by atoms with Crippen LogP contribution in [0.2, 0.25) is 0 Å². The molecule has 0 radical (unpaired) electrons. The molecular weight excluding hydrogens is 357 g/mol. The lowest BCUT2D eigenvalue weighted by atomic mass is 10.1. The molecule has 0 atom stereocenters. The van der Waals surface area contributed by atoms with Crippen LogP contribution in [0.1, 0.15) is 11.4 Å². The lowest BCUT2D eigenvalue weighted by Crippen LogP contribution is -1.99. The molecule has 4 aromatic rings. The zero-order chi connectivity index (χ0) is 19.5. The Bertz CT molecular complexity index is 1180. The van der Waals surface area contributed by atoms with E-state index in [0.717, 1.165) is 11.4 Å². The standard InChI is InChI=1S/C20H14FN7/c1-13-24-12-28(27-13)17-6-4-16(5-7-17)25-20-23-9-8-19(26-20)14-2-3-15(11-22)18(21)10-14/h2-10,12H,1H3,(H,23,25,26). The summed E-state index contributed by atoms with van der Waals surface area (Å²) in [6.07, 6.45) is 3.24. The van der Waals surface area contributed by atoms with Gasteiger partial charge in [0, 0.05) is 17.4 Å². The van der Waals surface area contributed by atoms with Crippen LogP contribution in [-0.4, -0.2) is 24.7 Å². The first kappa shape index (κ1) is 17.3. The van der Waals surface area contributed by atoms with Gasteiger partial charge in [0.25, 0.3) is 0 Å². The number of nitrogens with one attached hydrogen (secondary N) is 1. The summed E-state index contributed by atoms with van der Waals surface area (Å²) in [5.41, 5.74) is 2.80. The minimum absolute atomic E-state index is 0.00109. The van der Waals surface area contributed by atoms with E-state index < -0.39 is 5.82 Å². The number of benzene rings is 2. The topological polar surface area (TPSA) is 92.3 Å². The summed E-state index contributed by atoms with van der Waals surface area (Å²) in [4.78, 5) is 12.7. The molecule has 0 aliphatic rings. The molecular formula is C20H14FN7. The van der Waals surface area contributed by atoms with Crippen molar-refractivity contribution >= 4 is 11.6 Å². The highest BCUT2D eigenvalue weighted by atomic mass is 19.1. The van der Waals surface area contributed by atoms with Crippen molar-refractivity contribution in [1.82, 2.24) is 24.7 Å². The Kier molecular flexibility index (Phi) is 4.48. The van der Waals surface area contributed by atoms with Crippen molar-refractivity contribution in [2.75, 3.05) is 5.32 Å². The molecule has 0 saturated heterocycles. The van der Waals surface area contributed by atoms with Gasteiger partial charge in [-0.2, -0.15) is 10.4 Å². The van der Waals surface area contributed by atoms with E-state index in [1.807, 2.05) is 31.2 Å². The van der Waals surface area contributed by atoms with Crippen LogP contribution in [0.25, 0.3) is 16.9 Å². The third kappa shape index (κ3) is 3.54. The molecule has 0 saturated carbocycles. The molecule has 0 aliphatic heterocycles. The number of nitrogens with zero attached hydrogens (tertiary/aromatic N) is 6. The van der Waals surface area contributed by atoms with Crippen molar-refractivity contribution in [3.63, 3.8) is 0 Å². The second kappa shape index (κ2) is 7.25. The third-order valence-electron chi connectivity index (χ3n) is 4.04. The highest BCUT2D eigenvalue weighted by Crippen LogP contribution is 2.22. The zero-order valence-corrected chi connectivity index (χ0v) is 14.8. The smallest absolute Gasteiger partial charge is 0.227 e. The van der Waals surface area contributed by atoms with Gasteiger partial charge in [-0.1, -0.05) is 6.07 Å². The largest absolute Gasteiger partial charge is 0.324 e. The molecule has 0 spiro atoms. The summed E-state index contributed by atoms with van der Waals surface area (Å²) < 4.78 is 15.6. The number of hydrogen-bond acceptors (Lipinski definition) is 6. The lowest BCUT2D eigenvalue weighted by molar-refractivity contribution is 0.624. The monoisotopic (exact) mass is 371 g/mol. The van der Waals surface area contributed by atoms with Gasteiger partial charge in [0.15, 0.2) is 0 Å². The predicted molar refractivity (Wildman–Crippen MR) is 102 cm³/mol. The highest BCUT2D eigenvalue weighted by molar-refractivity contribution is 5.63. The van der Waals surface area contributed by atoms with Crippen LogP contribution in [0.3, 0.4) is 0 Å². The second-order valence-corrected chi connectivity index (χ2v) is 5.98. The molecule has 2 heterocycles. The Labute approximate surface area is 160 Å². The van der Waals surface area contributed by atoms with Crippen LogP contribution < -0.4 is 5.32 Å². The number of aryl methyl sites for hydroxylation is 1. The number of rotatable bonds is 4. The van der Waals surface area contributed by atoms with Gasteiger partial charge in [-0.05, 0) is 49.4 Å². The number of anilines is 2. The van der Waals surface area contributed by atoms with Crippen LogP contribution in [0, 0.1) is 24.1 Å². The van der Waals surface area contributed by atoms with Gasteiger partial charge in [-0.25, -0.2) is 24.0 Å². The molecule has 4 rings (SSSR count). The molecule has 2 aromatic heterocycles. The van der Waals surface area contributed by atoms with Gasteiger partial charge < -0.3 is 5.32 Å². The van der Waals surface area contributed by atoms with E-state index in [2.05, 4.69) is 25.4 Å². The van der Waals surface area contributed by atoms with Gasteiger partial charge >= 0.3 is 0 Å². The fraction of sp³-hybridized carbons (Fsp3) is 0.0500. The number of hydrogen-bond donors (Lipinski definition) is 1. The lowest BCUT2D eigenvalue weighted by Gasteiger charge is -2.08. The highest BCUT2D eigenvalue weighted by Gasteiger charge is 2.07. The normalized spacial score (nSPS) is 10.5. The van der Waals surface area contributed by atoms with Crippen molar-refractivity contribution in [3.8, 4) is 23.0 Å². The number of aromatic nitrogens is 5.